The van der Waals surface area contributed by atoms with Gasteiger partial charge in [-0.3, -0.25) is 10.0 Å². The summed E-state index contributed by atoms with van der Waals surface area (Å²) in [7, 11) is 1.14. The van der Waals surface area contributed by atoms with E-state index < -0.39 is 23.7 Å². The van der Waals surface area contributed by atoms with E-state index >= 15 is 0 Å². The molecule has 130 valence electrons. The molecule has 1 amide bonds. The summed E-state index contributed by atoms with van der Waals surface area (Å²) in [4.78, 5) is 12.0. The second-order valence-corrected chi connectivity index (χ2v) is 5.83. The molecule has 0 saturated carbocycles. The maximum atomic E-state index is 12.0. The van der Waals surface area contributed by atoms with Crippen molar-refractivity contribution in [1.29, 1.82) is 0 Å². The van der Waals surface area contributed by atoms with Crippen LogP contribution in [0.4, 0.5) is 0 Å². The Bertz CT molecular complexity index is 846. The van der Waals surface area contributed by atoms with Crippen LogP contribution in [0.15, 0.2) is 48.5 Å². The van der Waals surface area contributed by atoms with Gasteiger partial charge >= 0.3 is 0 Å². The lowest BCUT2D eigenvalue weighted by atomic mass is 9.85. The van der Waals surface area contributed by atoms with Crippen LogP contribution in [-0.4, -0.2) is 38.5 Å². The Balaban J connectivity index is 2.16. The van der Waals surface area contributed by atoms with Crippen LogP contribution in [0.25, 0.3) is 5.76 Å². The predicted molar refractivity (Wildman–Crippen MR) is 87.9 cm³/mol. The van der Waals surface area contributed by atoms with Crippen molar-refractivity contribution in [2.24, 2.45) is 0 Å². The molecule has 25 heavy (non-hydrogen) atoms. The van der Waals surface area contributed by atoms with Crippen molar-refractivity contribution in [3.05, 3.63) is 59.7 Å². The quantitative estimate of drug-likeness (QED) is 0.501. The molecule has 1 atom stereocenters. The van der Waals surface area contributed by atoms with Gasteiger partial charge in [-0.05, 0) is 6.08 Å². The molecular weight excluding hydrogens is 326 g/mol. The van der Waals surface area contributed by atoms with Crippen molar-refractivity contribution in [3.63, 3.8) is 0 Å². The number of hydrogen-bond donors (Lipinski definition) is 4. The highest BCUT2D eigenvalue weighted by Crippen LogP contribution is 2.48. The Morgan fingerprint density at radius 1 is 1.20 bits per heavy atom. The van der Waals surface area contributed by atoms with E-state index in [0.29, 0.717) is 10.6 Å². The zero-order valence-electron chi connectivity index (χ0n) is 13.4. The molecule has 7 nitrogen and oxygen atoms in total. The van der Waals surface area contributed by atoms with Crippen molar-refractivity contribution >= 4 is 11.7 Å². The normalized spacial score (nSPS) is 18.8. The first-order valence-corrected chi connectivity index (χ1v) is 7.50. The summed E-state index contributed by atoms with van der Waals surface area (Å²) in [5.41, 5.74) is -1.34. The zero-order chi connectivity index (χ0) is 18.2. The summed E-state index contributed by atoms with van der Waals surface area (Å²) in [5, 5.41) is 40.7. The molecule has 0 spiro atoms. The summed E-state index contributed by atoms with van der Waals surface area (Å²) in [6.45, 7) is 0. The average Bonchev–Trinajstić information content (AvgIpc) is 2.54. The largest absolute Gasteiger partial charge is 0.508 e. The van der Waals surface area contributed by atoms with Gasteiger partial charge < -0.3 is 20.1 Å². The maximum absolute atomic E-state index is 12.0. The summed E-state index contributed by atoms with van der Waals surface area (Å²) in [6, 6.07) is 11.2. The van der Waals surface area contributed by atoms with Gasteiger partial charge in [-0.15, -0.1) is 0 Å². The number of phenolic OH excluding ortho intramolecular Hbond substituents is 2. The van der Waals surface area contributed by atoms with Gasteiger partial charge in [-0.25, -0.2) is 5.06 Å². The van der Waals surface area contributed by atoms with E-state index in [2.05, 4.69) is 0 Å². The summed E-state index contributed by atoms with van der Waals surface area (Å²) in [6.07, 6.45) is 0.786. The fourth-order valence-electron chi connectivity index (χ4n) is 2.77. The Morgan fingerprint density at radius 3 is 2.52 bits per heavy atom. The number of hydrogen-bond acceptors (Lipinski definition) is 6. The number of benzene rings is 2. The van der Waals surface area contributed by atoms with Crippen LogP contribution >= 0.6 is 0 Å². The zero-order valence-corrected chi connectivity index (χ0v) is 13.4. The number of carbonyl (C=O) groups excluding carboxylic acids is 1. The molecule has 0 bridgehead atoms. The molecular formula is C18H17NO6. The van der Waals surface area contributed by atoms with Crippen LogP contribution in [0.5, 0.6) is 17.2 Å². The van der Waals surface area contributed by atoms with Gasteiger partial charge in [0.15, 0.2) is 0 Å². The molecule has 1 aliphatic rings. The van der Waals surface area contributed by atoms with E-state index in [-0.39, 0.29) is 22.8 Å². The van der Waals surface area contributed by atoms with Crippen LogP contribution < -0.4 is 4.74 Å². The highest BCUT2D eigenvalue weighted by Gasteiger charge is 2.41. The van der Waals surface area contributed by atoms with Crippen molar-refractivity contribution in [3.8, 4) is 17.2 Å². The molecule has 1 aliphatic heterocycles. The minimum absolute atomic E-state index is 0.0229. The monoisotopic (exact) mass is 343 g/mol. The Morgan fingerprint density at radius 2 is 1.88 bits per heavy atom. The number of phenols is 2. The van der Waals surface area contributed by atoms with Crippen LogP contribution in [-0.2, 0) is 10.4 Å². The first kappa shape index (κ1) is 16.8. The predicted octanol–water partition coefficient (Wildman–Crippen LogP) is 1.96. The van der Waals surface area contributed by atoms with E-state index in [9.17, 15) is 25.3 Å². The van der Waals surface area contributed by atoms with Gasteiger partial charge in [-0.2, -0.15) is 0 Å². The molecule has 0 radical (unpaired) electrons. The minimum Gasteiger partial charge on any atom is -0.508 e. The van der Waals surface area contributed by atoms with Crippen LogP contribution in [0.3, 0.4) is 0 Å². The van der Waals surface area contributed by atoms with Crippen molar-refractivity contribution in [2.45, 2.75) is 12.0 Å². The van der Waals surface area contributed by atoms with E-state index in [1.807, 2.05) is 6.07 Å². The Kier molecular flexibility index (Phi) is 4.12. The minimum atomic E-state index is -1.93. The molecule has 7 heteroatoms. The van der Waals surface area contributed by atoms with Gasteiger partial charge in [0.1, 0.15) is 28.6 Å². The topological polar surface area (TPSA) is 110 Å². The molecule has 0 aromatic heterocycles. The lowest BCUT2D eigenvalue weighted by molar-refractivity contribution is -0.163. The fourth-order valence-corrected chi connectivity index (χ4v) is 2.77. The highest BCUT2D eigenvalue weighted by molar-refractivity contribution is 5.79. The molecule has 2 aromatic carbocycles. The first-order chi connectivity index (χ1) is 11.8. The number of rotatable bonds is 3. The number of aromatic hydroxyl groups is 2. The highest BCUT2D eigenvalue weighted by atomic mass is 16.5. The molecule has 2 aromatic rings. The molecule has 3 rings (SSSR count). The SMILES string of the molecule is CN(O)C(=O)CC1(O)C=C(c2ccccc2)Oc2cc(O)cc(O)c21. The van der Waals surface area contributed by atoms with Crippen molar-refractivity contribution < 1.29 is 30.1 Å². The van der Waals surface area contributed by atoms with Gasteiger partial charge in [0.05, 0.1) is 12.0 Å². The third-order valence-electron chi connectivity index (χ3n) is 3.93. The Hall–Kier alpha value is -3.03. The number of hydroxylamine groups is 2. The second kappa shape index (κ2) is 6.12. The van der Waals surface area contributed by atoms with Crippen LogP contribution in [0.2, 0.25) is 0 Å². The number of nitrogens with zero attached hydrogens (tertiary/aromatic N) is 1. The number of carbonyl (C=O) groups is 1. The number of fused-ring (bicyclic) bond motifs is 1. The van der Waals surface area contributed by atoms with Gasteiger partial charge in [0.25, 0.3) is 0 Å². The fraction of sp³-hybridized carbons (Fsp3) is 0.167. The lowest BCUT2D eigenvalue weighted by Gasteiger charge is -2.33. The first-order valence-electron chi connectivity index (χ1n) is 7.50. The van der Waals surface area contributed by atoms with Gasteiger partial charge in [-0.1, -0.05) is 30.3 Å². The lowest BCUT2D eigenvalue weighted by Crippen LogP contribution is -2.35. The standard InChI is InChI=1S/C18H17NO6/c1-19(24)16(22)10-18(23)9-15(11-5-3-2-4-6-11)25-14-8-12(20)7-13(21)17(14)18/h2-9,20-21,23-24H,10H2,1H3. The third kappa shape index (κ3) is 3.15. The Labute approximate surface area is 143 Å². The van der Waals surface area contributed by atoms with Crippen LogP contribution in [0, 0.1) is 0 Å². The molecule has 1 unspecified atom stereocenters. The summed E-state index contributed by atoms with van der Waals surface area (Å²) >= 11 is 0. The average molecular weight is 343 g/mol. The molecule has 4 N–H and O–H groups in total. The maximum Gasteiger partial charge on any atom is 0.249 e. The molecule has 0 aliphatic carbocycles. The van der Waals surface area contributed by atoms with Gasteiger partial charge in [0, 0.05) is 24.7 Å². The molecule has 0 saturated heterocycles. The summed E-state index contributed by atoms with van der Waals surface area (Å²) < 4.78 is 5.71. The molecule has 0 fully saturated rings. The van der Waals surface area contributed by atoms with Crippen molar-refractivity contribution in [2.75, 3.05) is 7.05 Å². The smallest absolute Gasteiger partial charge is 0.249 e. The number of amides is 1. The second-order valence-electron chi connectivity index (χ2n) is 5.83. The van der Waals surface area contributed by atoms with E-state index in [0.717, 1.165) is 13.1 Å². The van der Waals surface area contributed by atoms with E-state index in [1.165, 1.54) is 12.1 Å². The third-order valence-corrected chi connectivity index (χ3v) is 3.93. The van der Waals surface area contributed by atoms with Crippen molar-refractivity contribution in [1.82, 2.24) is 5.06 Å². The van der Waals surface area contributed by atoms with E-state index in [4.69, 9.17) is 4.74 Å². The van der Waals surface area contributed by atoms with E-state index in [1.54, 1.807) is 24.3 Å². The summed E-state index contributed by atoms with van der Waals surface area (Å²) in [5.74, 6) is -1.15. The number of aliphatic hydroxyl groups is 1. The van der Waals surface area contributed by atoms with Crippen LogP contribution in [0.1, 0.15) is 17.5 Å². The van der Waals surface area contributed by atoms with Gasteiger partial charge in [0.2, 0.25) is 5.91 Å². The molecule has 1 heterocycles. The number of ether oxygens (including phenoxy) is 1.